The molecule has 0 saturated carbocycles. The minimum Gasteiger partial charge on any atom is -0.339 e. The molecule has 126 valence electrons. The van der Waals surface area contributed by atoms with Crippen molar-refractivity contribution in [2.75, 3.05) is 10.6 Å². The van der Waals surface area contributed by atoms with Gasteiger partial charge in [-0.1, -0.05) is 18.2 Å². The number of rotatable bonds is 4. The quantitative estimate of drug-likeness (QED) is 0.748. The smallest absolute Gasteiger partial charge is 0.259 e. The molecule has 0 radical (unpaired) electrons. The maximum absolute atomic E-state index is 13.6. The van der Waals surface area contributed by atoms with Crippen LogP contribution in [-0.2, 0) is 0 Å². The molecule has 25 heavy (non-hydrogen) atoms. The highest BCUT2D eigenvalue weighted by Crippen LogP contribution is 2.18. The Morgan fingerprint density at radius 3 is 2.20 bits per heavy atom. The highest BCUT2D eigenvalue weighted by molar-refractivity contribution is 6.03. The van der Waals surface area contributed by atoms with Gasteiger partial charge in [-0.05, 0) is 61.4 Å². The van der Waals surface area contributed by atoms with Crippen LogP contribution in [0.2, 0.25) is 0 Å². The van der Waals surface area contributed by atoms with Crippen molar-refractivity contribution < 1.29 is 9.18 Å². The Balaban J connectivity index is 1.70. The van der Waals surface area contributed by atoms with E-state index in [2.05, 4.69) is 26.9 Å². The lowest BCUT2D eigenvalue weighted by Gasteiger charge is -2.08. The highest BCUT2D eigenvalue weighted by atomic mass is 19.1. The number of aryl methyl sites for hydroxylation is 2. The van der Waals surface area contributed by atoms with Gasteiger partial charge in [-0.3, -0.25) is 4.79 Å². The summed E-state index contributed by atoms with van der Waals surface area (Å²) in [4.78, 5) is 12.1. The van der Waals surface area contributed by atoms with Crippen molar-refractivity contribution in [1.82, 2.24) is 10.2 Å². The second-order valence-corrected chi connectivity index (χ2v) is 5.74. The van der Waals surface area contributed by atoms with Gasteiger partial charge in [0.1, 0.15) is 5.82 Å². The molecule has 0 fully saturated rings. The maximum atomic E-state index is 13.6. The lowest BCUT2D eigenvalue weighted by molar-refractivity contribution is 0.102. The van der Waals surface area contributed by atoms with Crippen molar-refractivity contribution >= 4 is 23.2 Å². The van der Waals surface area contributed by atoms with E-state index in [0.717, 1.165) is 16.8 Å². The van der Waals surface area contributed by atoms with Crippen molar-refractivity contribution in [3.8, 4) is 0 Å². The number of anilines is 3. The molecule has 1 amide bonds. The number of hydrogen-bond acceptors (Lipinski definition) is 4. The Bertz CT molecular complexity index is 889. The highest BCUT2D eigenvalue weighted by Gasteiger charge is 2.11. The van der Waals surface area contributed by atoms with Crippen LogP contribution in [0.1, 0.15) is 21.5 Å². The van der Waals surface area contributed by atoms with Crippen LogP contribution in [0, 0.1) is 19.7 Å². The van der Waals surface area contributed by atoms with Gasteiger partial charge in [0.15, 0.2) is 11.6 Å². The van der Waals surface area contributed by atoms with Gasteiger partial charge in [0.05, 0.1) is 5.56 Å². The summed E-state index contributed by atoms with van der Waals surface area (Å²) in [6.07, 6.45) is 0. The molecular formula is C19H17FN4O. The van der Waals surface area contributed by atoms with E-state index in [0.29, 0.717) is 5.82 Å². The molecule has 0 aliphatic heterocycles. The fourth-order valence-corrected chi connectivity index (χ4v) is 2.49. The molecule has 0 aliphatic rings. The maximum Gasteiger partial charge on any atom is 0.259 e. The molecule has 0 aliphatic carbocycles. The summed E-state index contributed by atoms with van der Waals surface area (Å²) < 4.78 is 13.6. The van der Waals surface area contributed by atoms with Gasteiger partial charge < -0.3 is 10.6 Å². The molecule has 1 heterocycles. The van der Waals surface area contributed by atoms with Crippen LogP contribution in [-0.4, -0.2) is 16.1 Å². The number of aromatic nitrogens is 2. The van der Waals surface area contributed by atoms with E-state index >= 15 is 0 Å². The molecule has 0 saturated heterocycles. The number of carbonyl (C=O) groups is 1. The number of amides is 1. The van der Waals surface area contributed by atoms with Crippen LogP contribution >= 0.6 is 0 Å². The van der Waals surface area contributed by atoms with E-state index in [1.807, 2.05) is 26.0 Å². The summed E-state index contributed by atoms with van der Waals surface area (Å²) >= 11 is 0. The molecule has 6 heteroatoms. The van der Waals surface area contributed by atoms with Gasteiger partial charge in [0.25, 0.3) is 5.91 Å². The molecule has 0 spiro atoms. The van der Waals surface area contributed by atoms with Crippen LogP contribution < -0.4 is 10.6 Å². The van der Waals surface area contributed by atoms with Crippen LogP contribution in [0.3, 0.4) is 0 Å². The van der Waals surface area contributed by atoms with Crippen molar-refractivity contribution in [3.63, 3.8) is 0 Å². The number of nitrogens with zero attached hydrogens (tertiary/aromatic N) is 2. The SMILES string of the molecule is Cc1cc(C)cc(Nc2ccc(NC(=O)c3ccccc3F)nn2)c1. The minimum atomic E-state index is -0.582. The predicted molar refractivity (Wildman–Crippen MR) is 95.6 cm³/mol. The monoisotopic (exact) mass is 336 g/mol. The van der Waals surface area contributed by atoms with E-state index in [9.17, 15) is 9.18 Å². The van der Waals surface area contributed by atoms with Crippen LogP contribution in [0.25, 0.3) is 0 Å². The van der Waals surface area contributed by atoms with Gasteiger partial charge in [-0.2, -0.15) is 0 Å². The zero-order valence-electron chi connectivity index (χ0n) is 13.9. The number of carbonyl (C=O) groups excluding carboxylic acids is 1. The summed E-state index contributed by atoms with van der Waals surface area (Å²) in [5.74, 6) is -0.350. The Morgan fingerprint density at radius 2 is 1.56 bits per heavy atom. The summed E-state index contributed by atoms with van der Waals surface area (Å²) in [6.45, 7) is 4.04. The lowest BCUT2D eigenvalue weighted by atomic mass is 10.1. The Hall–Kier alpha value is -3.28. The molecule has 2 aromatic carbocycles. The van der Waals surface area contributed by atoms with Gasteiger partial charge in [0, 0.05) is 5.69 Å². The van der Waals surface area contributed by atoms with Crippen molar-refractivity contribution in [1.29, 1.82) is 0 Å². The van der Waals surface area contributed by atoms with E-state index < -0.39 is 11.7 Å². The van der Waals surface area contributed by atoms with E-state index in [1.54, 1.807) is 18.2 Å². The summed E-state index contributed by atoms with van der Waals surface area (Å²) in [6, 6.07) is 15.2. The third kappa shape index (κ3) is 4.17. The average Bonchev–Trinajstić information content (AvgIpc) is 2.56. The first-order chi connectivity index (χ1) is 12.0. The molecule has 3 rings (SSSR count). The first-order valence-electron chi connectivity index (χ1n) is 7.76. The van der Waals surface area contributed by atoms with Crippen molar-refractivity contribution in [2.45, 2.75) is 13.8 Å². The first-order valence-corrected chi connectivity index (χ1v) is 7.76. The second-order valence-electron chi connectivity index (χ2n) is 5.74. The van der Waals surface area contributed by atoms with E-state index in [1.165, 1.54) is 18.2 Å². The van der Waals surface area contributed by atoms with E-state index in [-0.39, 0.29) is 11.4 Å². The third-order valence-electron chi connectivity index (χ3n) is 3.52. The van der Waals surface area contributed by atoms with Gasteiger partial charge >= 0.3 is 0 Å². The van der Waals surface area contributed by atoms with E-state index in [4.69, 9.17) is 0 Å². The van der Waals surface area contributed by atoms with Gasteiger partial charge in [-0.15, -0.1) is 10.2 Å². The first kappa shape index (κ1) is 16.6. The van der Waals surface area contributed by atoms with Crippen LogP contribution in [0.5, 0.6) is 0 Å². The van der Waals surface area contributed by atoms with Crippen molar-refractivity contribution in [2.24, 2.45) is 0 Å². The largest absolute Gasteiger partial charge is 0.339 e. The zero-order chi connectivity index (χ0) is 17.8. The number of nitrogens with one attached hydrogen (secondary N) is 2. The van der Waals surface area contributed by atoms with Crippen molar-refractivity contribution in [3.05, 3.63) is 77.1 Å². The molecule has 1 aromatic heterocycles. The molecule has 0 unspecified atom stereocenters. The van der Waals surface area contributed by atoms with Crippen LogP contribution in [0.4, 0.5) is 21.7 Å². The molecule has 0 atom stereocenters. The van der Waals surface area contributed by atoms with Gasteiger partial charge in [0.2, 0.25) is 0 Å². The number of hydrogen-bond donors (Lipinski definition) is 2. The standard InChI is InChI=1S/C19H17FN4O/c1-12-9-13(2)11-14(10-12)21-17-7-8-18(24-23-17)22-19(25)15-5-3-4-6-16(15)20/h3-11H,1-2H3,(H,21,23)(H,22,24,25). The normalized spacial score (nSPS) is 10.4. The fraction of sp³-hybridized carbons (Fsp3) is 0.105. The molecular weight excluding hydrogens is 319 g/mol. The molecule has 3 aromatic rings. The van der Waals surface area contributed by atoms with Gasteiger partial charge in [-0.25, -0.2) is 4.39 Å². The third-order valence-corrected chi connectivity index (χ3v) is 3.52. The zero-order valence-corrected chi connectivity index (χ0v) is 13.9. The predicted octanol–water partition coefficient (Wildman–Crippen LogP) is 4.23. The Labute approximate surface area is 144 Å². The number of halogens is 1. The Morgan fingerprint density at radius 1 is 0.920 bits per heavy atom. The Kier molecular flexibility index (Phi) is 4.70. The average molecular weight is 336 g/mol. The minimum absolute atomic E-state index is 0.0401. The second kappa shape index (κ2) is 7.09. The topological polar surface area (TPSA) is 66.9 Å². The van der Waals surface area contributed by atoms with Crippen LogP contribution in [0.15, 0.2) is 54.6 Å². The summed E-state index contributed by atoms with van der Waals surface area (Å²) in [7, 11) is 0. The number of benzene rings is 2. The summed E-state index contributed by atoms with van der Waals surface area (Å²) in [5, 5.41) is 13.7. The fourth-order valence-electron chi connectivity index (χ4n) is 2.49. The molecule has 0 bridgehead atoms. The molecule has 5 nitrogen and oxygen atoms in total. The molecule has 2 N–H and O–H groups in total. The lowest BCUT2D eigenvalue weighted by Crippen LogP contribution is -2.15. The summed E-state index contributed by atoms with van der Waals surface area (Å²) in [5.41, 5.74) is 3.16.